The maximum absolute atomic E-state index is 12.5. The minimum Gasteiger partial charge on any atom is -0.323 e. The van der Waals surface area contributed by atoms with Crippen LogP contribution in [0.3, 0.4) is 0 Å². The third-order valence-corrected chi connectivity index (χ3v) is 7.15. The van der Waals surface area contributed by atoms with Gasteiger partial charge in [-0.1, -0.05) is 39.0 Å². The van der Waals surface area contributed by atoms with Gasteiger partial charge in [-0.3, -0.25) is 4.98 Å². The Kier molecular flexibility index (Phi) is 6.61. The van der Waals surface area contributed by atoms with Crippen LogP contribution in [0.25, 0.3) is 0 Å². The molecule has 0 aliphatic carbocycles. The number of nitrogens with zero attached hydrogens (tertiary/aromatic N) is 3. The van der Waals surface area contributed by atoms with Gasteiger partial charge in [0.2, 0.25) is 0 Å². The van der Waals surface area contributed by atoms with Crippen molar-refractivity contribution in [1.82, 2.24) is 14.8 Å². The first-order chi connectivity index (χ1) is 14.9. The number of urea groups is 1. The lowest BCUT2D eigenvalue weighted by Crippen LogP contribution is -2.50. The highest BCUT2D eigenvalue weighted by molar-refractivity contribution is 5.90. The van der Waals surface area contributed by atoms with Crippen LogP contribution in [-0.2, 0) is 0 Å². The molecule has 1 aromatic heterocycles. The average molecular weight is 421 g/mol. The molecule has 1 aromatic carbocycles. The summed E-state index contributed by atoms with van der Waals surface area (Å²) in [5, 5.41) is 3.05. The van der Waals surface area contributed by atoms with Crippen molar-refractivity contribution in [3.8, 4) is 0 Å². The summed E-state index contributed by atoms with van der Waals surface area (Å²) in [7, 11) is 0. The average Bonchev–Trinajstić information content (AvgIpc) is 2.74. The molecule has 2 aromatic rings. The molecule has 4 rings (SSSR count). The van der Waals surface area contributed by atoms with Gasteiger partial charge in [0, 0.05) is 43.6 Å². The molecule has 2 amide bonds. The highest BCUT2D eigenvalue weighted by Crippen LogP contribution is 2.31. The van der Waals surface area contributed by atoms with Crippen LogP contribution in [0.4, 0.5) is 10.5 Å². The second kappa shape index (κ2) is 9.39. The van der Waals surface area contributed by atoms with Gasteiger partial charge >= 0.3 is 6.03 Å². The van der Waals surface area contributed by atoms with Gasteiger partial charge in [0.05, 0.1) is 0 Å². The molecular formula is C26H36N4O. The molecule has 0 saturated carbocycles. The number of carbonyl (C=O) groups is 1. The third kappa shape index (κ3) is 5.45. The molecule has 2 saturated heterocycles. The normalized spacial score (nSPS) is 18.6. The molecule has 31 heavy (non-hydrogen) atoms. The zero-order valence-electron chi connectivity index (χ0n) is 19.2. The molecule has 5 nitrogen and oxygen atoms in total. The topological polar surface area (TPSA) is 48.5 Å². The summed E-state index contributed by atoms with van der Waals surface area (Å²) in [4.78, 5) is 21.2. The maximum atomic E-state index is 12.5. The number of benzene rings is 1. The van der Waals surface area contributed by atoms with Gasteiger partial charge < -0.3 is 15.1 Å². The fourth-order valence-corrected chi connectivity index (χ4v) is 4.66. The molecular weight excluding hydrogens is 384 g/mol. The molecule has 2 aliphatic rings. The number of hydrogen-bond acceptors (Lipinski definition) is 3. The van der Waals surface area contributed by atoms with E-state index in [1.807, 2.05) is 17.2 Å². The lowest BCUT2D eigenvalue weighted by Gasteiger charge is -2.39. The van der Waals surface area contributed by atoms with Gasteiger partial charge in [-0.2, -0.15) is 0 Å². The fraction of sp³-hybridized carbons (Fsp3) is 0.538. The number of pyridine rings is 1. The first-order valence-electron chi connectivity index (χ1n) is 11.7. The number of amides is 2. The van der Waals surface area contributed by atoms with E-state index in [-0.39, 0.29) is 6.03 Å². The Hall–Kier alpha value is -2.40. The largest absolute Gasteiger partial charge is 0.323 e. The third-order valence-electron chi connectivity index (χ3n) is 7.15. The summed E-state index contributed by atoms with van der Waals surface area (Å²) >= 11 is 0. The molecule has 0 bridgehead atoms. The van der Waals surface area contributed by atoms with Crippen molar-refractivity contribution in [3.05, 3.63) is 59.9 Å². The van der Waals surface area contributed by atoms with Crippen LogP contribution >= 0.6 is 0 Å². The minimum absolute atomic E-state index is 0.0141. The predicted molar refractivity (Wildman–Crippen MR) is 126 cm³/mol. The molecule has 5 heteroatoms. The van der Waals surface area contributed by atoms with Crippen molar-refractivity contribution in [2.24, 2.45) is 5.41 Å². The number of hydrogen-bond donors (Lipinski definition) is 1. The standard InChI is InChI=1S/C26H36N4O/c1-4-26(2,3)19-29-14-11-21(12-15-29)20-7-9-24(10-8-20)28-25(31)30-17-23(18-30)22-6-5-13-27-16-22/h5-10,13,16,21,23H,4,11-12,14-15,17-19H2,1-3H3,(H,28,31). The number of nitrogens with one attached hydrogen (secondary N) is 1. The van der Waals surface area contributed by atoms with Crippen molar-refractivity contribution in [2.45, 2.75) is 51.9 Å². The lowest BCUT2D eigenvalue weighted by molar-refractivity contribution is 0.141. The van der Waals surface area contributed by atoms with E-state index in [0.717, 1.165) is 18.8 Å². The van der Waals surface area contributed by atoms with Gasteiger partial charge in [-0.05, 0) is 73.0 Å². The van der Waals surface area contributed by atoms with Gasteiger partial charge in [0.15, 0.2) is 0 Å². The van der Waals surface area contributed by atoms with E-state index >= 15 is 0 Å². The Morgan fingerprint density at radius 2 is 1.77 bits per heavy atom. The Morgan fingerprint density at radius 3 is 2.39 bits per heavy atom. The van der Waals surface area contributed by atoms with Crippen molar-refractivity contribution in [3.63, 3.8) is 0 Å². The van der Waals surface area contributed by atoms with Crippen molar-refractivity contribution in [2.75, 3.05) is 38.0 Å². The minimum atomic E-state index is -0.0141. The van der Waals surface area contributed by atoms with Crippen LogP contribution in [0.15, 0.2) is 48.8 Å². The van der Waals surface area contributed by atoms with Crippen LogP contribution in [0.1, 0.15) is 63.0 Å². The van der Waals surface area contributed by atoms with Crippen molar-refractivity contribution >= 4 is 11.7 Å². The Morgan fingerprint density at radius 1 is 1.06 bits per heavy atom. The van der Waals surface area contributed by atoms with Gasteiger partial charge in [-0.25, -0.2) is 4.79 Å². The Balaban J connectivity index is 1.23. The van der Waals surface area contributed by atoms with Crippen LogP contribution in [0.2, 0.25) is 0 Å². The van der Waals surface area contributed by atoms with E-state index in [9.17, 15) is 4.79 Å². The van der Waals surface area contributed by atoms with Crippen LogP contribution < -0.4 is 5.32 Å². The molecule has 166 valence electrons. The van der Waals surface area contributed by atoms with E-state index in [0.29, 0.717) is 17.3 Å². The summed E-state index contributed by atoms with van der Waals surface area (Å²) in [6.45, 7) is 12.1. The second-order valence-corrected chi connectivity index (χ2v) is 10.0. The summed E-state index contributed by atoms with van der Waals surface area (Å²) in [5.41, 5.74) is 3.88. The van der Waals surface area contributed by atoms with Gasteiger partial charge in [0.25, 0.3) is 0 Å². The van der Waals surface area contributed by atoms with Crippen LogP contribution in [0, 0.1) is 5.41 Å². The molecule has 3 heterocycles. The predicted octanol–water partition coefficient (Wildman–Crippen LogP) is 5.33. The van der Waals surface area contributed by atoms with E-state index in [1.165, 1.54) is 50.0 Å². The molecule has 2 fully saturated rings. The second-order valence-electron chi connectivity index (χ2n) is 10.0. The lowest BCUT2D eigenvalue weighted by atomic mass is 9.86. The number of rotatable bonds is 6. The SMILES string of the molecule is CCC(C)(C)CN1CCC(c2ccc(NC(=O)N3CC(c4cccnc4)C3)cc2)CC1. The van der Waals surface area contributed by atoms with Gasteiger partial charge in [-0.15, -0.1) is 0 Å². The van der Waals surface area contributed by atoms with E-state index in [2.05, 4.69) is 66.3 Å². The summed E-state index contributed by atoms with van der Waals surface area (Å²) in [6.07, 6.45) is 7.34. The van der Waals surface area contributed by atoms with Crippen LogP contribution in [-0.4, -0.2) is 53.5 Å². The number of aromatic nitrogens is 1. The first-order valence-corrected chi connectivity index (χ1v) is 11.7. The molecule has 0 atom stereocenters. The fourth-order valence-electron chi connectivity index (χ4n) is 4.66. The monoisotopic (exact) mass is 420 g/mol. The van der Waals surface area contributed by atoms with Crippen molar-refractivity contribution < 1.29 is 4.79 Å². The maximum Gasteiger partial charge on any atom is 0.321 e. The van der Waals surface area contributed by atoms with Gasteiger partial charge in [0.1, 0.15) is 0 Å². The van der Waals surface area contributed by atoms with E-state index < -0.39 is 0 Å². The molecule has 0 radical (unpaired) electrons. The van der Waals surface area contributed by atoms with Crippen LogP contribution in [0.5, 0.6) is 0 Å². The molecule has 1 N–H and O–H groups in total. The summed E-state index contributed by atoms with van der Waals surface area (Å²) < 4.78 is 0. The molecule has 0 unspecified atom stereocenters. The number of piperidine rings is 1. The highest BCUT2D eigenvalue weighted by atomic mass is 16.2. The molecule has 0 spiro atoms. The van der Waals surface area contributed by atoms with E-state index in [4.69, 9.17) is 0 Å². The number of carbonyl (C=O) groups excluding carboxylic acids is 1. The zero-order chi connectivity index (χ0) is 21.8. The number of anilines is 1. The van der Waals surface area contributed by atoms with E-state index in [1.54, 1.807) is 6.20 Å². The summed E-state index contributed by atoms with van der Waals surface area (Å²) in [5.74, 6) is 1.02. The smallest absolute Gasteiger partial charge is 0.321 e. The zero-order valence-corrected chi connectivity index (χ0v) is 19.2. The number of likely N-dealkylation sites (tertiary alicyclic amines) is 2. The Bertz CT molecular complexity index is 851. The Labute approximate surface area is 186 Å². The first kappa shape index (κ1) is 21.8. The van der Waals surface area contributed by atoms with Crippen molar-refractivity contribution in [1.29, 1.82) is 0 Å². The quantitative estimate of drug-likeness (QED) is 0.687. The highest BCUT2D eigenvalue weighted by Gasteiger charge is 2.32. The summed E-state index contributed by atoms with van der Waals surface area (Å²) in [6, 6.07) is 12.5. The molecule has 2 aliphatic heterocycles.